The minimum Gasteiger partial charge on any atom is -0.497 e. The van der Waals surface area contributed by atoms with Gasteiger partial charge in [0.05, 0.1) is 13.5 Å². The van der Waals surface area contributed by atoms with Crippen molar-refractivity contribution >= 4 is 5.91 Å². The Morgan fingerprint density at radius 2 is 1.84 bits per heavy atom. The quantitative estimate of drug-likeness (QED) is 0.896. The summed E-state index contributed by atoms with van der Waals surface area (Å²) in [5.74, 6) is 1.02. The van der Waals surface area contributed by atoms with Gasteiger partial charge in [-0.25, -0.2) is 0 Å². The van der Waals surface area contributed by atoms with Gasteiger partial charge in [0.2, 0.25) is 5.91 Å². The smallest absolute Gasteiger partial charge is 0.227 e. The van der Waals surface area contributed by atoms with Gasteiger partial charge < -0.3 is 15.0 Å². The van der Waals surface area contributed by atoms with E-state index in [0.29, 0.717) is 18.5 Å². The molecule has 1 heterocycles. The minimum absolute atomic E-state index is 0.199. The Hall–Kier alpha value is -1.55. The third kappa shape index (κ3) is 3.70. The van der Waals surface area contributed by atoms with Crippen LogP contribution >= 0.6 is 0 Å². The van der Waals surface area contributed by atoms with Crippen molar-refractivity contribution < 1.29 is 9.53 Å². The van der Waals surface area contributed by atoms with Crippen LogP contribution in [0, 0.1) is 0 Å². The fraction of sp³-hybridized carbons (Fsp3) is 0.533. The van der Waals surface area contributed by atoms with Crippen molar-refractivity contribution in [3.63, 3.8) is 0 Å². The van der Waals surface area contributed by atoms with Crippen molar-refractivity contribution in [2.24, 2.45) is 0 Å². The van der Waals surface area contributed by atoms with Crippen LogP contribution < -0.4 is 10.1 Å². The number of hydrogen-bond donors (Lipinski definition) is 1. The topological polar surface area (TPSA) is 41.6 Å². The van der Waals surface area contributed by atoms with Gasteiger partial charge in [-0.05, 0) is 31.5 Å². The molecular formula is C15H22N2O2. The molecule has 1 aromatic carbocycles. The normalized spacial score (nSPS) is 23.2. The van der Waals surface area contributed by atoms with Gasteiger partial charge in [-0.15, -0.1) is 0 Å². The van der Waals surface area contributed by atoms with Crippen molar-refractivity contribution in [2.45, 2.75) is 32.4 Å². The predicted octanol–water partition coefficient (Wildman–Crippen LogP) is 1.45. The molecule has 1 saturated heterocycles. The molecule has 0 bridgehead atoms. The maximum Gasteiger partial charge on any atom is 0.227 e. The molecule has 19 heavy (non-hydrogen) atoms. The first-order chi connectivity index (χ1) is 9.08. The molecule has 1 aliphatic rings. The van der Waals surface area contributed by atoms with Gasteiger partial charge in [0.15, 0.2) is 0 Å². The van der Waals surface area contributed by atoms with E-state index in [0.717, 1.165) is 24.4 Å². The number of nitrogens with zero attached hydrogens (tertiary/aromatic N) is 1. The molecule has 0 aromatic heterocycles. The SMILES string of the molecule is COc1ccc(CC(=O)N2CC(C)NC(C)C2)cc1. The summed E-state index contributed by atoms with van der Waals surface area (Å²) in [6.45, 7) is 5.81. The van der Waals surface area contributed by atoms with Crippen LogP contribution in [0.5, 0.6) is 5.75 Å². The van der Waals surface area contributed by atoms with Gasteiger partial charge >= 0.3 is 0 Å². The molecule has 2 atom stereocenters. The molecule has 1 aromatic rings. The third-order valence-electron chi connectivity index (χ3n) is 3.42. The summed E-state index contributed by atoms with van der Waals surface area (Å²) < 4.78 is 5.11. The lowest BCUT2D eigenvalue weighted by molar-refractivity contribution is -0.132. The standard InChI is InChI=1S/C15H22N2O2/c1-11-9-17(10-12(2)16-11)15(18)8-13-4-6-14(19-3)7-5-13/h4-7,11-12,16H,8-10H2,1-3H3. The molecule has 4 heteroatoms. The number of carbonyl (C=O) groups excluding carboxylic acids is 1. The van der Waals surface area contributed by atoms with Gasteiger partial charge in [-0.2, -0.15) is 0 Å². The van der Waals surface area contributed by atoms with Crippen molar-refractivity contribution in [1.29, 1.82) is 0 Å². The number of ether oxygens (including phenoxy) is 1. The van der Waals surface area contributed by atoms with Crippen LogP contribution in [0.1, 0.15) is 19.4 Å². The summed E-state index contributed by atoms with van der Waals surface area (Å²) in [6, 6.07) is 8.42. The molecule has 4 nitrogen and oxygen atoms in total. The largest absolute Gasteiger partial charge is 0.497 e. The van der Waals surface area contributed by atoms with Crippen LogP contribution in [-0.4, -0.2) is 43.1 Å². The zero-order chi connectivity index (χ0) is 13.8. The maximum atomic E-state index is 12.3. The highest BCUT2D eigenvalue weighted by Crippen LogP contribution is 2.13. The molecular weight excluding hydrogens is 240 g/mol. The molecule has 0 radical (unpaired) electrons. The molecule has 1 amide bonds. The highest BCUT2D eigenvalue weighted by atomic mass is 16.5. The van der Waals surface area contributed by atoms with E-state index in [1.807, 2.05) is 29.2 Å². The van der Waals surface area contributed by atoms with Crippen molar-refractivity contribution in [2.75, 3.05) is 20.2 Å². The van der Waals surface area contributed by atoms with E-state index >= 15 is 0 Å². The average molecular weight is 262 g/mol. The third-order valence-corrected chi connectivity index (χ3v) is 3.42. The Balaban J connectivity index is 1.96. The number of benzene rings is 1. The first-order valence-corrected chi connectivity index (χ1v) is 6.75. The van der Waals surface area contributed by atoms with Crippen molar-refractivity contribution in [3.8, 4) is 5.75 Å². The minimum atomic E-state index is 0.199. The lowest BCUT2D eigenvalue weighted by Crippen LogP contribution is -2.56. The molecule has 1 aliphatic heterocycles. The number of hydrogen-bond acceptors (Lipinski definition) is 3. The van der Waals surface area contributed by atoms with E-state index in [9.17, 15) is 4.79 Å². The Kier molecular flexibility index (Phi) is 4.43. The molecule has 1 fully saturated rings. The van der Waals surface area contributed by atoms with Crippen molar-refractivity contribution in [1.82, 2.24) is 10.2 Å². The Labute approximate surface area is 114 Å². The molecule has 0 aliphatic carbocycles. The van der Waals surface area contributed by atoms with Gasteiger partial charge in [-0.3, -0.25) is 4.79 Å². The molecule has 0 spiro atoms. The van der Waals surface area contributed by atoms with E-state index in [-0.39, 0.29) is 5.91 Å². The lowest BCUT2D eigenvalue weighted by atomic mass is 10.1. The molecule has 2 unspecified atom stereocenters. The second kappa shape index (κ2) is 6.06. The number of methoxy groups -OCH3 is 1. The second-order valence-electron chi connectivity index (χ2n) is 5.29. The summed E-state index contributed by atoms with van der Waals surface area (Å²) in [7, 11) is 1.64. The number of amides is 1. The maximum absolute atomic E-state index is 12.3. The summed E-state index contributed by atoms with van der Waals surface area (Å²) in [5.41, 5.74) is 1.03. The van der Waals surface area contributed by atoms with E-state index < -0.39 is 0 Å². The highest BCUT2D eigenvalue weighted by Gasteiger charge is 2.24. The zero-order valence-electron chi connectivity index (χ0n) is 11.8. The fourth-order valence-electron chi connectivity index (χ4n) is 2.56. The summed E-state index contributed by atoms with van der Waals surface area (Å²) in [5, 5.41) is 3.43. The second-order valence-corrected chi connectivity index (χ2v) is 5.29. The first kappa shape index (κ1) is 13.9. The van der Waals surface area contributed by atoms with Crippen LogP contribution in [0.4, 0.5) is 0 Å². The predicted molar refractivity (Wildman–Crippen MR) is 75.3 cm³/mol. The van der Waals surface area contributed by atoms with E-state index in [1.165, 1.54) is 0 Å². The van der Waals surface area contributed by atoms with Gasteiger partial charge in [0.25, 0.3) is 0 Å². The van der Waals surface area contributed by atoms with Crippen LogP contribution in [0.15, 0.2) is 24.3 Å². The molecule has 1 N–H and O–H groups in total. The summed E-state index contributed by atoms with van der Waals surface area (Å²) in [6.07, 6.45) is 0.462. The number of piperazine rings is 1. The average Bonchev–Trinajstić information content (AvgIpc) is 2.38. The fourth-order valence-corrected chi connectivity index (χ4v) is 2.56. The molecule has 104 valence electrons. The summed E-state index contributed by atoms with van der Waals surface area (Å²) >= 11 is 0. The van der Waals surface area contributed by atoms with Crippen LogP contribution in [0.2, 0.25) is 0 Å². The molecule has 2 rings (SSSR count). The van der Waals surface area contributed by atoms with Gasteiger partial charge in [0, 0.05) is 25.2 Å². The Morgan fingerprint density at radius 3 is 2.37 bits per heavy atom. The number of carbonyl (C=O) groups is 1. The van der Waals surface area contributed by atoms with E-state index in [4.69, 9.17) is 4.74 Å². The van der Waals surface area contributed by atoms with Crippen LogP contribution in [-0.2, 0) is 11.2 Å². The van der Waals surface area contributed by atoms with Crippen LogP contribution in [0.25, 0.3) is 0 Å². The summed E-state index contributed by atoms with van der Waals surface area (Å²) in [4.78, 5) is 14.2. The zero-order valence-corrected chi connectivity index (χ0v) is 11.8. The Bertz CT molecular complexity index is 420. The number of rotatable bonds is 3. The van der Waals surface area contributed by atoms with E-state index in [1.54, 1.807) is 7.11 Å². The first-order valence-electron chi connectivity index (χ1n) is 6.75. The Morgan fingerprint density at radius 1 is 1.26 bits per heavy atom. The molecule has 0 saturated carbocycles. The monoisotopic (exact) mass is 262 g/mol. The highest BCUT2D eigenvalue weighted by molar-refractivity contribution is 5.79. The van der Waals surface area contributed by atoms with Gasteiger partial charge in [-0.1, -0.05) is 12.1 Å². The van der Waals surface area contributed by atoms with E-state index in [2.05, 4.69) is 19.2 Å². The van der Waals surface area contributed by atoms with Crippen LogP contribution in [0.3, 0.4) is 0 Å². The number of nitrogens with one attached hydrogen (secondary N) is 1. The van der Waals surface area contributed by atoms with Gasteiger partial charge in [0.1, 0.15) is 5.75 Å². The van der Waals surface area contributed by atoms with Crippen molar-refractivity contribution in [3.05, 3.63) is 29.8 Å². The lowest BCUT2D eigenvalue weighted by Gasteiger charge is -2.36.